The third kappa shape index (κ3) is 1.92. The first kappa shape index (κ1) is 12.0. The Hall–Kier alpha value is -1.46. The number of carbonyl (C=O) groups is 1. The predicted octanol–water partition coefficient (Wildman–Crippen LogP) is 1.32. The fraction of sp³-hybridized carbons (Fsp3) is 0.818. The van der Waals surface area contributed by atoms with E-state index in [1.165, 1.54) is 4.80 Å². The summed E-state index contributed by atoms with van der Waals surface area (Å²) < 4.78 is 0. The topological polar surface area (TPSA) is 80.9 Å². The number of hydrogen-bond donors (Lipinski definition) is 1. The van der Waals surface area contributed by atoms with Gasteiger partial charge in [-0.25, -0.2) is 0 Å². The highest BCUT2D eigenvalue weighted by molar-refractivity contribution is 5.80. The maximum Gasteiger partial charge on any atom is 0.317 e. The van der Waals surface area contributed by atoms with Crippen LogP contribution in [0.4, 0.5) is 0 Å². The number of tetrazole rings is 1. The summed E-state index contributed by atoms with van der Waals surface area (Å²) in [6, 6.07) is 0. The van der Waals surface area contributed by atoms with Gasteiger partial charge in [-0.05, 0) is 38.8 Å². The minimum atomic E-state index is -0.913. The summed E-state index contributed by atoms with van der Waals surface area (Å²) in [6.07, 6.45) is 3.04. The molecule has 0 amide bonds. The summed E-state index contributed by atoms with van der Waals surface area (Å²) in [5, 5.41) is 21.6. The summed E-state index contributed by atoms with van der Waals surface area (Å²) in [4.78, 5) is 13.0. The average molecular weight is 238 g/mol. The molecule has 17 heavy (non-hydrogen) atoms. The van der Waals surface area contributed by atoms with Crippen LogP contribution in [0.1, 0.15) is 52.3 Å². The minimum Gasteiger partial charge on any atom is -0.480 e. The Labute approximate surface area is 100 Å². The lowest BCUT2D eigenvalue weighted by Gasteiger charge is -2.20. The first-order valence-electron chi connectivity index (χ1n) is 5.91. The van der Waals surface area contributed by atoms with Crippen LogP contribution in [0.5, 0.6) is 0 Å². The van der Waals surface area contributed by atoms with Crippen molar-refractivity contribution >= 4 is 5.97 Å². The van der Waals surface area contributed by atoms with Crippen molar-refractivity contribution in [2.75, 3.05) is 0 Å². The monoisotopic (exact) mass is 238 g/mol. The SMILES string of the molecule is CC(C)(C)n1nnc(C2(C(=O)O)CCCC2)n1. The highest BCUT2D eigenvalue weighted by Gasteiger charge is 2.47. The van der Waals surface area contributed by atoms with Crippen LogP contribution in [0.2, 0.25) is 0 Å². The van der Waals surface area contributed by atoms with Crippen LogP contribution in [0.25, 0.3) is 0 Å². The molecule has 0 atom stereocenters. The molecule has 1 aromatic rings. The van der Waals surface area contributed by atoms with Crippen molar-refractivity contribution < 1.29 is 9.90 Å². The van der Waals surface area contributed by atoms with E-state index in [1.54, 1.807) is 0 Å². The zero-order chi connectivity index (χ0) is 12.7. The molecule has 1 N–H and O–H groups in total. The van der Waals surface area contributed by atoms with Crippen LogP contribution in [-0.4, -0.2) is 31.3 Å². The van der Waals surface area contributed by atoms with Crippen molar-refractivity contribution in [2.45, 2.75) is 57.4 Å². The smallest absolute Gasteiger partial charge is 0.317 e. The lowest BCUT2D eigenvalue weighted by atomic mass is 9.85. The molecule has 1 fully saturated rings. The number of rotatable bonds is 2. The average Bonchev–Trinajstić information content (AvgIpc) is 2.86. The summed E-state index contributed by atoms with van der Waals surface area (Å²) in [6.45, 7) is 5.88. The maximum absolute atomic E-state index is 11.5. The Bertz CT molecular complexity index is 427. The Balaban J connectivity index is 2.39. The third-order valence-corrected chi connectivity index (χ3v) is 3.31. The van der Waals surface area contributed by atoms with E-state index in [-0.39, 0.29) is 5.54 Å². The van der Waals surface area contributed by atoms with Gasteiger partial charge in [0, 0.05) is 0 Å². The van der Waals surface area contributed by atoms with Gasteiger partial charge < -0.3 is 5.11 Å². The molecule has 2 rings (SSSR count). The van der Waals surface area contributed by atoms with Crippen LogP contribution in [0.3, 0.4) is 0 Å². The highest BCUT2D eigenvalue weighted by Crippen LogP contribution is 2.39. The molecule has 1 aromatic heterocycles. The molecule has 0 unspecified atom stereocenters. The molecule has 6 nitrogen and oxygen atoms in total. The number of carboxylic acid groups (broad SMARTS) is 1. The van der Waals surface area contributed by atoms with E-state index < -0.39 is 11.4 Å². The van der Waals surface area contributed by atoms with Gasteiger partial charge in [0.15, 0.2) is 5.82 Å². The van der Waals surface area contributed by atoms with Crippen molar-refractivity contribution in [2.24, 2.45) is 0 Å². The van der Waals surface area contributed by atoms with E-state index in [2.05, 4.69) is 15.4 Å². The number of aliphatic carboxylic acids is 1. The van der Waals surface area contributed by atoms with Crippen LogP contribution in [0, 0.1) is 0 Å². The molecule has 0 saturated heterocycles. The molecule has 0 aliphatic heterocycles. The zero-order valence-corrected chi connectivity index (χ0v) is 10.5. The van der Waals surface area contributed by atoms with Gasteiger partial charge in [0.25, 0.3) is 0 Å². The van der Waals surface area contributed by atoms with E-state index in [0.717, 1.165) is 12.8 Å². The second-order valence-corrected chi connectivity index (χ2v) is 5.67. The molecule has 0 aromatic carbocycles. The molecule has 1 aliphatic rings. The van der Waals surface area contributed by atoms with Gasteiger partial charge >= 0.3 is 5.97 Å². The number of nitrogens with zero attached hydrogens (tertiary/aromatic N) is 4. The molecular formula is C11H18N4O2. The lowest BCUT2D eigenvalue weighted by molar-refractivity contribution is -0.144. The third-order valence-electron chi connectivity index (χ3n) is 3.31. The second kappa shape index (κ2) is 3.78. The van der Waals surface area contributed by atoms with Crippen molar-refractivity contribution in [3.63, 3.8) is 0 Å². The molecular weight excluding hydrogens is 220 g/mol. The van der Waals surface area contributed by atoms with Gasteiger partial charge in [0.1, 0.15) is 5.41 Å². The van der Waals surface area contributed by atoms with E-state index >= 15 is 0 Å². The van der Waals surface area contributed by atoms with Gasteiger partial charge in [-0.2, -0.15) is 4.80 Å². The van der Waals surface area contributed by atoms with Crippen molar-refractivity contribution in [1.29, 1.82) is 0 Å². The quantitative estimate of drug-likeness (QED) is 0.840. The fourth-order valence-corrected chi connectivity index (χ4v) is 2.20. The van der Waals surface area contributed by atoms with Crippen LogP contribution < -0.4 is 0 Å². The van der Waals surface area contributed by atoms with E-state index in [4.69, 9.17) is 0 Å². The normalized spacial score (nSPS) is 19.5. The maximum atomic E-state index is 11.5. The summed E-state index contributed by atoms with van der Waals surface area (Å²) >= 11 is 0. The zero-order valence-electron chi connectivity index (χ0n) is 10.5. The minimum absolute atomic E-state index is 0.274. The number of carboxylic acids is 1. The van der Waals surface area contributed by atoms with Gasteiger partial charge in [-0.1, -0.05) is 12.8 Å². The molecule has 0 radical (unpaired) electrons. The van der Waals surface area contributed by atoms with Crippen molar-refractivity contribution in [3.05, 3.63) is 5.82 Å². The van der Waals surface area contributed by atoms with Crippen molar-refractivity contribution in [3.8, 4) is 0 Å². The largest absolute Gasteiger partial charge is 0.480 e. The van der Waals surface area contributed by atoms with Crippen LogP contribution >= 0.6 is 0 Å². The summed E-state index contributed by atoms with van der Waals surface area (Å²) in [5.41, 5.74) is -1.19. The standard InChI is InChI=1S/C11H18N4O2/c1-10(2,3)15-13-8(12-14-15)11(9(16)17)6-4-5-7-11/h4-7H2,1-3H3,(H,16,17). The van der Waals surface area contributed by atoms with Gasteiger partial charge in [0.05, 0.1) is 5.54 Å². The first-order chi connectivity index (χ1) is 7.86. The summed E-state index contributed by atoms with van der Waals surface area (Å²) in [5.74, 6) is -0.471. The molecule has 1 aliphatic carbocycles. The van der Waals surface area contributed by atoms with Gasteiger partial charge in [0.2, 0.25) is 0 Å². The summed E-state index contributed by atoms with van der Waals surface area (Å²) in [7, 11) is 0. The Kier molecular flexibility index (Phi) is 2.67. The van der Waals surface area contributed by atoms with E-state index in [0.29, 0.717) is 18.7 Å². The first-order valence-corrected chi connectivity index (χ1v) is 5.91. The molecule has 0 bridgehead atoms. The van der Waals surface area contributed by atoms with E-state index in [9.17, 15) is 9.90 Å². The Morgan fingerprint density at radius 2 is 1.94 bits per heavy atom. The molecule has 0 spiro atoms. The molecule has 94 valence electrons. The number of aromatic nitrogens is 4. The molecule has 6 heteroatoms. The van der Waals surface area contributed by atoms with E-state index in [1.807, 2.05) is 20.8 Å². The van der Waals surface area contributed by atoms with Crippen LogP contribution in [-0.2, 0) is 15.7 Å². The molecule has 1 heterocycles. The fourth-order valence-electron chi connectivity index (χ4n) is 2.20. The Morgan fingerprint density at radius 3 is 2.35 bits per heavy atom. The van der Waals surface area contributed by atoms with Gasteiger partial charge in [-0.3, -0.25) is 4.79 Å². The number of hydrogen-bond acceptors (Lipinski definition) is 4. The second-order valence-electron chi connectivity index (χ2n) is 5.67. The van der Waals surface area contributed by atoms with Gasteiger partial charge in [-0.15, -0.1) is 10.2 Å². The Morgan fingerprint density at radius 1 is 1.35 bits per heavy atom. The van der Waals surface area contributed by atoms with Crippen molar-refractivity contribution in [1.82, 2.24) is 20.2 Å². The highest BCUT2D eigenvalue weighted by atomic mass is 16.4. The lowest BCUT2D eigenvalue weighted by Crippen LogP contribution is -2.34. The predicted molar refractivity (Wildman–Crippen MR) is 60.6 cm³/mol. The van der Waals surface area contributed by atoms with Crippen LogP contribution in [0.15, 0.2) is 0 Å². The molecule has 1 saturated carbocycles.